The minimum Gasteiger partial charge on any atom is -0.464 e. The molecule has 4 atom stereocenters. The maximum absolute atomic E-state index is 11.3. The molecule has 0 radical (unpaired) electrons. The van der Waals surface area contributed by atoms with Crippen molar-refractivity contribution in [3.8, 4) is 0 Å². The number of nitrogens with two attached hydrogens (primary N) is 1. The molecule has 2 saturated heterocycles. The van der Waals surface area contributed by atoms with E-state index in [1.54, 1.807) is 111 Å². The lowest BCUT2D eigenvalue weighted by molar-refractivity contribution is -0.173. The highest BCUT2D eigenvalue weighted by molar-refractivity contribution is 7.51. The molecule has 36 nitrogen and oxygen atoms in total. The van der Waals surface area contributed by atoms with Crippen LogP contribution in [0.1, 0.15) is 224 Å². The van der Waals surface area contributed by atoms with E-state index in [2.05, 4.69) is 48.1 Å². The molecule has 2 fully saturated rings. The predicted octanol–water partition coefficient (Wildman–Crippen LogP) is 10.6. The number of nitrogens with zero attached hydrogens (tertiary/aromatic N) is 2. The summed E-state index contributed by atoms with van der Waals surface area (Å²) in [4.78, 5) is 167. The molecule has 2 aliphatic rings. The van der Waals surface area contributed by atoms with Crippen LogP contribution in [0.5, 0.6) is 0 Å². The van der Waals surface area contributed by atoms with E-state index >= 15 is 0 Å². The van der Waals surface area contributed by atoms with Crippen LogP contribution in [0.3, 0.4) is 0 Å². The average molecular weight is 1680 g/mol. The normalized spacial score (nSPS) is 13.6. The second kappa shape index (κ2) is 72.7. The van der Waals surface area contributed by atoms with Gasteiger partial charge in [-0.2, -0.15) is 0 Å². The first-order valence-electron chi connectivity index (χ1n) is 39.4. The SMILES string of the molecule is CC(C)C(=O)OCCN1CCCCC1.CC(C)C(=O)OCCN1CCCCC1.CC(C)C(=O)OCCOC(=O)[C@@H](N)C(C)C.CC(C)C(=O)OCNC(=O)OCOP(C)(=O)O.CC(C)C(=O)OCOC(=O)[C@@H](C)C(C)C.CCC(=O)OCCOC(=O)C(C)C.CCC(=O)OCOC(=O)C(C)C.CCOC(=O)OC(C)OC(=O)C(C)C. The number of piperidine rings is 2. The molecule has 2 aliphatic heterocycles. The van der Waals surface area contributed by atoms with E-state index in [9.17, 15) is 71.7 Å². The molecule has 4 N–H and O–H groups in total. The molecule has 0 aromatic heterocycles. The third-order valence-corrected chi connectivity index (χ3v) is 15.2. The van der Waals surface area contributed by atoms with Gasteiger partial charge in [-0.3, -0.25) is 81.7 Å². The van der Waals surface area contributed by atoms with Gasteiger partial charge in [-0.15, -0.1) is 0 Å². The summed E-state index contributed by atoms with van der Waals surface area (Å²) < 4.78 is 85.9. The van der Waals surface area contributed by atoms with Gasteiger partial charge in [-0.25, -0.2) is 9.59 Å². The Morgan fingerprint density at radius 2 is 0.687 bits per heavy atom. The number of carbonyl (C=O) groups is 14. The van der Waals surface area contributed by atoms with Crippen molar-refractivity contribution < 1.29 is 152 Å². The second-order valence-corrected chi connectivity index (χ2v) is 30.7. The molecular formula is C78H145N4O32P. The molecule has 1 amide bonds. The van der Waals surface area contributed by atoms with Gasteiger partial charge in [0.05, 0.1) is 59.9 Å². The summed E-state index contributed by atoms with van der Waals surface area (Å²) in [5.41, 5.74) is 5.57. The van der Waals surface area contributed by atoms with Gasteiger partial charge in [0, 0.05) is 39.5 Å². The monoisotopic (exact) mass is 1680 g/mol. The summed E-state index contributed by atoms with van der Waals surface area (Å²) in [5, 5.41) is 2.10. The summed E-state index contributed by atoms with van der Waals surface area (Å²) in [6.07, 6.45) is 5.82. The number of esters is 12. The summed E-state index contributed by atoms with van der Waals surface area (Å²) >= 11 is 0. The van der Waals surface area contributed by atoms with Gasteiger partial charge >= 0.3 is 91.5 Å². The van der Waals surface area contributed by atoms with Gasteiger partial charge in [0.25, 0.3) is 0 Å². The highest BCUT2D eigenvalue weighted by Gasteiger charge is 2.23. The molecule has 2 unspecified atom stereocenters. The smallest absolute Gasteiger partial charge is 0.464 e. The minimum absolute atomic E-state index is 0.00337. The molecule has 37 heteroatoms. The predicted molar refractivity (Wildman–Crippen MR) is 422 cm³/mol. The molecule has 0 aromatic carbocycles. The fourth-order valence-electron chi connectivity index (χ4n) is 6.95. The molecular weight excluding hydrogens is 1540 g/mol. The lowest BCUT2D eigenvalue weighted by Crippen LogP contribution is -2.37. The molecule has 674 valence electrons. The molecule has 115 heavy (non-hydrogen) atoms. The van der Waals surface area contributed by atoms with Crippen molar-refractivity contribution in [2.75, 3.05) is 119 Å². The van der Waals surface area contributed by atoms with Crippen molar-refractivity contribution in [1.29, 1.82) is 0 Å². The van der Waals surface area contributed by atoms with Crippen LogP contribution in [0, 0.1) is 65.1 Å². The lowest BCUT2D eigenvalue weighted by atomic mass is 9.99. The van der Waals surface area contributed by atoms with Crippen molar-refractivity contribution in [3.63, 3.8) is 0 Å². The van der Waals surface area contributed by atoms with E-state index < -0.39 is 56.9 Å². The van der Waals surface area contributed by atoms with Gasteiger partial charge in [0.2, 0.25) is 26.7 Å². The van der Waals surface area contributed by atoms with Crippen LogP contribution in [0.4, 0.5) is 9.59 Å². The summed E-state index contributed by atoms with van der Waals surface area (Å²) in [5.74, 6) is -4.95. The van der Waals surface area contributed by atoms with Crippen LogP contribution < -0.4 is 11.1 Å². The Kier molecular flexibility index (Phi) is 74.6. The zero-order valence-electron chi connectivity index (χ0n) is 73.7. The standard InChI is InChI=1S/C11H21NO4.2C11H21NO2.C11H20O4.C9H16O5.C9H16O4.C8H16NO7P.C8H14O4/c1-7(2)9(12)11(14)16-6-5-15-10(13)8(3)4;2*1-10(2)11(13)14-9-8-12-6-4-3-5-7-12;1-7(2)9(5)11(13)15-6-14-10(12)8(3)4;1-5-12-9(11)14-7(4)13-8(10)6(2)3;1-4-8(10)12-5-6-13-9(11)7(2)3;1-6(2)7(10)14-4-9-8(11)15-5-16-17(3,12)13;1-4-7(9)11-5-12-8(10)6(2)3/h7-9H,5-6,12H2,1-4H3;2*10H,3-9H2,1-2H3;7-9H,6H2,1-5H3;6-7H,5H2,1-4H3;7H,4-6H2,1-3H3;6H,4-5H2,1-3H3,(H,9,11)(H,12,13);6H,4-5H2,1-3H3/t9-;;;9-;;;;/m0..0..../s1. The number of carbonyl (C=O) groups excluding carboxylic acids is 14. The van der Waals surface area contributed by atoms with E-state index in [0.29, 0.717) is 26.1 Å². The fourth-order valence-corrected chi connectivity index (χ4v) is 7.19. The highest BCUT2D eigenvalue weighted by Crippen LogP contribution is 2.36. The van der Waals surface area contributed by atoms with E-state index in [4.69, 9.17) is 53.3 Å². The van der Waals surface area contributed by atoms with Crippen LogP contribution in [-0.2, 0) is 138 Å². The lowest BCUT2D eigenvalue weighted by Gasteiger charge is -2.26. The molecule has 0 bridgehead atoms. The zero-order valence-corrected chi connectivity index (χ0v) is 74.6. The topological polar surface area (TPSA) is 468 Å². The number of likely N-dealkylation sites (tertiary alicyclic amines) is 2. The first-order chi connectivity index (χ1) is 53.5. The van der Waals surface area contributed by atoms with Crippen molar-refractivity contribution in [2.24, 2.45) is 70.8 Å². The largest absolute Gasteiger partial charge is 0.511 e. The summed E-state index contributed by atoms with van der Waals surface area (Å²) in [6.45, 7) is 51.4. The van der Waals surface area contributed by atoms with Gasteiger partial charge < -0.3 is 81.7 Å². The Morgan fingerprint density at radius 1 is 0.365 bits per heavy atom. The molecule has 0 aromatic rings. The number of alkyl carbamates (subject to hydrolysis) is 1. The Balaban J connectivity index is -0.000000296. The summed E-state index contributed by atoms with van der Waals surface area (Å²) in [6, 6.07) is -0.624. The Bertz CT molecular complexity index is 2700. The Morgan fingerprint density at radius 3 is 1.03 bits per heavy atom. The van der Waals surface area contributed by atoms with Crippen LogP contribution >= 0.6 is 7.60 Å². The number of nitrogens with one attached hydrogen (secondary N) is 1. The quantitative estimate of drug-likeness (QED) is 0.0170. The van der Waals surface area contributed by atoms with E-state index in [0.717, 1.165) is 19.8 Å². The number of ether oxygens (including phenoxy) is 15. The molecule has 2 heterocycles. The average Bonchev–Trinajstić information content (AvgIpc) is 1.01. The fraction of sp³-hybridized carbons (Fsp3) is 0.821. The Hall–Kier alpha value is -7.79. The van der Waals surface area contributed by atoms with Crippen molar-refractivity contribution in [3.05, 3.63) is 0 Å². The van der Waals surface area contributed by atoms with Crippen LogP contribution in [-0.4, -0.2) is 230 Å². The highest BCUT2D eigenvalue weighted by atomic mass is 31.2. The Labute approximate surface area is 683 Å². The molecule has 0 aliphatic carbocycles. The number of hydrogen-bond acceptors (Lipinski definition) is 34. The van der Waals surface area contributed by atoms with E-state index in [1.165, 1.54) is 71.6 Å². The second-order valence-electron chi connectivity index (χ2n) is 28.8. The maximum Gasteiger partial charge on any atom is 0.511 e. The first-order valence-corrected chi connectivity index (χ1v) is 41.4. The third kappa shape index (κ3) is 77.2. The van der Waals surface area contributed by atoms with Crippen LogP contribution in [0.15, 0.2) is 0 Å². The van der Waals surface area contributed by atoms with Crippen LogP contribution in [0.25, 0.3) is 0 Å². The number of amides is 1. The van der Waals surface area contributed by atoms with Gasteiger partial charge in [0.15, 0.2) is 6.73 Å². The zero-order chi connectivity index (χ0) is 89.9. The van der Waals surface area contributed by atoms with Crippen molar-refractivity contribution in [2.45, 2.75) is 237 Å². The van der Waals surface area contributed by atoms with E-state index in [-0.39, 0.29) is 172 Å². The maximum atomic E-state index is 11.3. The van der Waals surface area contributed by atoms with E-state index in [1.807, 2.05) is 55.4 Å². The molecule has 0 saturated carbocycles. The van der Waals surface area contributed by atoms with Gasteiger partial charge in [-0.1, -0.05) is 172 Å². The van der Waals surface area contributed by atoms with Gasteiger partial charge in [0.1, 0.15) is 45.7 Å². The van der Waals surface area contributed by atoms with Crippen molar-refractivity contribution >= 4 is 91.5 Å². The first kappa shape index (κ1) is 118. The molecule has 2 rings (SSSR count). The minimum atomic E-state index is -3.67. The summed E-state index contributed by atoms with van der Waals surface area (Å²) in [7, 11) is -3.67. The van der Waals surface area contributed by atoms with Crippen LogP contribution in [0.2, 0.25) is 0 Å². The molecule has 0 spiro atoms. The third-order valence-electron chi connectivity index (χ3n) is 14.6. The number of hydrogen-bond donors (Lipinski definition) is 3. The van der Waals surface area contributed by atoms with Crippen molar-refractivity contribution in [1.82, 2.24) is 15.1 Å². The number of rotatable bonds is 38. The van der Waals surface area contributed by atoms with Gasteiger partial charge in [-0.05, 0) is 70.6 Å².